The van der Waals surface area contributed by atoms with Gasteiger partial charge in [0.25, 0.3) is 0 Å². The monoisotopic (exact) mass is 1080 g/mol. The molecule has 15 aromatic rings. The predicted molar refractivity (Wildman–Crippen MR) is 346 cm³/mol. The molecule has 0 unspecified atom stereocenters. The van der Waals surface area contributed by atoms with Crippen LogP contribution in [0.3, 0.4) is 0 Å². The lowest BCUT2D eigenvalue weighted by atomic mass is 9.67. The van der Waals surface area contributed by atoms with Crippen molar-refractivity contribution in [3.05, 3.63) is 353 Å². The molecule has 0 saturated carbocycles. The minimum atomic E-state index is -0.467. The van der Waals surface area contributed by atoms with Crippen molar-refractivity contribution in [3.63, 3.8) is 0 Å². The Labute approximate surface area is 487 Å². The van der Waals surface area contributed by atoms with Crippen LogP contribution < -0.4 is 4.90 Å². The van der Waals surface area contributed by atoms with Gasteiger partial charge in [-0.1, -0.05) is 256 Å². The molecule has 2 heterocycles. The Morgan fingerprint density at radius 3 is 1.22 bits per heavy atom. The van der Waals surface area contributed by atoms with Crippen molar-refractivity contribution >= 4 is 83.3 Å². The molecule has 0 saturated heterocycles. The fraction of sp³-hybridized carbons (Fsp3) is 0.0380. The van der Waals surface area contributed by atoms with Gasteiger partial charge < -0.3 is 13.7 Å². The molecule has 17 rings (SSSR count). The predicted octanol–water partition coefficient (Wildman–Crippen LogP) is 21.8. The van der Waals surface area contributed by atoms with Crippen molar-refractivity contribution < 1.29 is 8.83 Å². The van der Waals surface area contributed by atoms with Gasteiger partial charge in [-0.05, 0) is 139 Å². The van der Waals surface area contributed by atoms with E-state index in [1.54, 1.807) is 0 Å². The number of benzene rings is 13. The Morgan fingerprint density at radius 1 is 0.277 bits per heavy atom. The number of halogens is 1. The fourth-order valence-corrected chi connectivity index (χ4v) is 14.1. The zero-order valence-corrected chi connectivity index (χ0v) is 45.3. The topological polar surface area (TPSA) is 29.5 Å². The number of nitrogens with zero attached hydrogens (tertiary/aromatic N) is 1. The molecule has 0 aliphatic heterocycles. The van der Waals surface area contributed by atoms with Gasteiger partial charge in [0.2, 0.25) is 0 Å². The van der Waals surface area contributed by atoms with Gasteiger partial charge in [0.15, 0.2) is 0 Å². The molecule has 0 fully saturated rings. The van der Waals surface area contributed by atoms with Gasteiger partial charge in [-0.2, -0.15) is 0 Å². The van der Waals surface area contributed by atoms with Gasteiger partial charge in [0, 0.05) is 43.3 Å². The van der Waals surface area contributed by atoms with Crippen molar-refractivity contribution in [2.45, 2.75) is 18.3 Å². The summed E-state index contributed by atoms with van der Waals surface area (Å²) in [7, 11) is 0. The smallest absolute Gasteiger partial charge is 0.135 e. The van der Waals surface area contributed by atoms with Crippen LogP contribution in [0, 0.1) is 0 Å². The first-order chi connectivity index (χ1) is 40.6. The summed E-state index contributed by atoms with van der Waals surface area (Å²) in [5.74, 6) is 0. The SMILES string of the molecule is C.Clc1ccc2oc3cc(C4(c5ccccc5)c5ccccc5-c5ccccc54)ccc3c2c1.c1ccc(N(c2ccc3oc4cc(C5(c6ccccc6)c6ccccc6-c6ccccc65)ccc4c3c2)c2cccc3ccccc23)cc1. The summed E-state index contributed by atoms with van der Waals surface area (Å²) in [5.41, 5.74) is 21.2. The summed E-state index contributed by atoms with van der Waals surface area (Å²) in [5, 5.41) is 7.47. The molecule has 13 aromatic carbocycles. The van der Waals surface area contributed by atoms with Gasteiger partial charge in [-0.3, -0.25) is 0 Å². The van der Waals surface area contributed by atoms with Gasteiger partial charge >= 0.3 is 0 Å². The molecule has 0 amide bonds. The second-order valence-electron chi connectivity index (χ2n) is 21.5. The van der Waals surface area contributed by atoms with Crippen LogP contribution >= 0.6 is 11.6 Å². The van der Waals surface area contributed by atoms with E-state index >= 15 is 0 Å². The number of furan rings is 2. The molecule has 0 bridgehead atoms. The Bertz CT molecular complexity index is 4870. The summed E-state index contributed by atoms with van der Waals surface area (Å²) >= 11 is 6.28. The Balaban J connectivity index is 0.000000151. The van der Waals surface area contributed by atoms with Crippen LogP contribution in [-0.4, -0.2) is 0 Å². The molecule has 0 spiro atoms. The highest BCUT2D eigenvalue weighted by molar-refractivity contribution is 6.31. The highest BCUT2D eigenvalue weighted by Crippen LogP contribution is 2.58. The van der Waals surface area contributed by atoms with Crippen LogP contribution in [0.2, 0.25) is 5.02 Å². The molecular weight excluding hydrogens is 1030 g/mol. The van der Waals surface area contributed by atoms with Crippen LogP contribution in [0.4, 0.5) is 17.1 Å². The molecule has 394 valence electrons. The first-order valence-corrected chi connectivity index (χ1v) is 28.4. The maximum absolute atomic E-state index is 6.71. The van der Waals surface area contributed by atoms with Crippen LogP contribution in [0.25, 0.3) is 76.9 Å². The molecule has 0 N–H and O–H groups in total. The Kier molecular flexibility index (Phi) is 11.9. The molecule has 3 nitrogen and oxygen atoms in total. The lowest BCUT2D eigenvalue weighted by Gasteiger charge is -2.33. The largest absolute Gasteiger partial charge is 0.456 e. The second-order valence-corrected chi connectivity index (χ2v) is 22.0. The zero-order chi connectivity index (χ0) is 54.4. The highest BCUT2D eigenvalue weighted by Gasteiger charge is 2.47. The molecule has 0 atom stereocenters. The standard InChI is InChI=1S/C47H31NO.C31H19ClO.CH4/c1-3-16-33(17-4-1)47(42-23-11-9-21-38(42)39-22-10-12-24-43(39)47)34-26-28-40-41-31-36(27-29-45(41)49-46(40)30-34)48(35-18-5-2-6-19-35)44-25-13-15-32-14-7-8-20-37(32)44;32-22-15-17-29-26(19-22)25-16-14-21(18-30(25)33-29)31(20-8-2-1-3-9-20)27-12-6-4-10-23(27)24-11-5-7-13-28(24)31;/h1-31H;1-19H;1H4. The average molecular weight is 1080 g/mol. The van der Waals surface area contributed by atoms with Gasteiger partial charge in [0.1, 0.15) is 22.3 Å². The number of fused-ring (bicyclic) bond motifs is 13. The number of para-hydroxylation sites is 1. The van der Waals surface area contributed by atoms with Gasteiger partial charge in [-0.15, -0.1) is 0 Å². The average Bonchev–Trinajstić information content (AvgIpc) is 3.86. The van der Waals surface area contributed by atoms with E-state index < -0.39 is 10.8 Å². The third-order valence-corrected chi connectivity index (χ3v) is 17.6. The molecule has 83 heavy (non-hydrogen) atoms. The molecule has 2 aromatic heterocycles. The van der Waals surface area contributed by atoms with Gasteiger partial charge in [0.05, 0.1) is 16.5 Å². The van der Waals surface area contributed by atoms with E-state index in [9.17, 15) is 0 Å². The minimum absolute atomic E-state index is 0. The lowest BCUT2D eigenvalue weighted by molar-refractivity contribution is 0.665. The summed E-state index contributed by atoms with van der Waals surface area (Å²) in [6.45, 7) is 0. The van der Waals surface area contributed by atoms with E-state index in [-0.39, 0.29) is 7.43 Å². The lowest BCUT2D eigenvalue weighted by Crippen LogP contribution is -2.28. The maximum atomic E-state index is 6.71. The van der Waals surface area contributed by atoms with Crippen LogP contribution in [0.15, 0.2) is 312 Å². The van der Waals surface area contributed by atoms with E-state index in [4.69, 9.17) is 20.4 Å². The number of rotatable bonds is 7. The zero-order valence-electron chi connectivity index (χ0n) is 44.5. The van der Waals surface area contributed by atoms with Crippen LogP contribution in [0.1, 0.15) is 51.9 Å². The van der Waals surface area contributed by atoms with E-state index in [0.29, 0.717) is 5.02 Å². The first-order valence-electron chi connectivity index (χ1n) is 28.0. The van der Waals surface area contributed by atoms with Crippen molar-refractivity contribution in [2.75, 3.05) is 4.90 Å². The molecule has 2 aliphatic carbocycles. The third-order valence-electron chi connectivity index (χ3n) is 17.4. The molecule has 0 radical (unpaired) electrons. The van der Waals surface area contributed by atoms with Crippen LogP contribution in [-0.2, 0) is 10.8 Å². The van der Waals surface area contributed by atoms with Crippen LogP contribution in [0.5, 0.6) is 0 Å². The molecule has 2 aliphatic rings. The summed E-state index contributed by atoms with van der Waals surface area (Å²) in [6, 6.07) is 109. The Morgan fingerprint density at radius 2 is 0.699 bits per heavy atom. The van der Waals surface area contributed by atoms with Gasteiger partial charge in [-0.25, -0.2) is 0 Å². The van der Waals surface area contributed by atoms with E-state index in [2.05, 4.69) is 290 Å². The van der Waals surface area contributed by atoms with E-state index in [1.165, 1.54) is 77.5 Å². The Hall–Kier alpha value is -10.2. The molecule has 4 heteroatoms. The number of anilines is 3. The number of hydrogen-bond acceptors (Lipinski definition) is 3. The fourth-order valence-electron chi connectivity index (χ4n) is 14.0. The normalized spacial score (nSPS) is 13.2. The molecular formula is C79H54ClNO2. The second kappa shape index (κ2) is 19.8. The minimum Gasteiger partial charge on any atom is -0.456 e. The van der Waals surface area contributed by atoms with Crippen molar-refractivity contribution in [2.24, 2.45) is 0 Å². The van der Waals surface area contributed by atoms with Crippen molar-refractivity contribution in [3.8, 4) is 22.3 Å². The summed E-state index contributed by atoms with van der Waals surface area (Å²) < 4.78 is 13.0. The third kappa shape index (κ3) is 7.58. The maximum Gasteiger partial charge on any atom is 0.135 e. The summed E-state index contributed by atoms with van der Waals surface area (Å²) in [6.07, 6.45) is 0. The van der Waals surface area contributed by atoms with Crippen molar-refractivity contribution in [1.29, 1.82) is 0 Å². The quantitative estimate of drug-likeness (QED) is 0.159. The summed E-state index contributed by atoms with van der Waals surface area (Å²) in [4.78, 5) is 2.35. The van der Waals surface area contributed by atoms with Crippen molar-refractivity contribution in [1.82, 2.24) is 0 Å². The number of hydrogen-bond donors (Lipinski definition) is 0. The van der Waals surface area contributed by atoms with E-state index in [0.717, 1.165) is 60.9 Å². The van der Waals surface area contributed by atoms with E-state index in [1.807, 2.05) is 18.2 Å². The highest BCUT2D eigenvalue weighted by atomic mass is 35.5. The first kappa shape index (κ1) is 49.8.